The molecule has 2 aromatic rings. The van der Waals surface area contributed by atoms with Crippen LogP contribution in [0.1, 0.15) is 83.1 Å². The van der Waals surface area contributed by atoms with Crippen LogP contribution in [0.2, 0.25) is 0 Å². The molecule has 0 bridgehead atoms. The summed E-state index contributed by atoms with van der Waals surface area (Å²) in [6.07, 6.45) is 3.80. The molecule has 0 radical (unpaired) electrons. The summed E-state index contributed by atoms with van der Waals surface area (Å²) in [5.74, 6) is 0.663. The third-order valence-electron chi connectivity index (χ3n) is 9.70. The number of thioether (sulfide) groups is 1. The number of rotatable bonds is 11. The van der Waals surface area contributed by atoms with Crippen LogP contribution in [-0.2, 0) is 4.79 Å². The molecule has 0 aliphatic carbocycles. The Labute approximate surface area is 290 Å². The fourth-order valence-corrected chi connectivity index (χ4v) is 7.94. The van der Waals surface area contributed by atoms with Crippen LogP contribution in [0.4, 0.5) is 11.4 Å². The Hall–Kier alpha value is -4.26. The molecule has 11 nitrogen and oxygen atoms in total. The third kappa shape index (κ3) is 7.08. The van der Waals surface area contributed by atoms with Crippen molar-refractivity contribution in [2.24, 2.45) is 15.9 Å². The molecular formula is C37H42N4O7S. The minimum Gasteiger partial charge on any atom is -0.496 e. The molecule has 2 fully saturated rings. The van der Waals surface area contributed by atoms with Crippen molar-refractivity contribution in [3.8, 4) is 11.5 Å². The van der Waals surface area contributed by atoms with Crippen molar-refractivity contribution in [3.63, 3.8) is 0 Å². The van der Waals surface area contributed by atoms with Crippen LogP contribution in [0, 0.1) is 5.92 Å². The van der Waals surface area contributed by atoms with Crippen molar-refractivity contribution < 1.29 is 34.1 Å². The van der Waals surface area contributed by atoms with Crippen molar-refractivity contribution in [2.75, 3.05) is 33.1 Å². The lowest BCUT2D eigenvalue weighted by molar-refractivity contribution is -0.109. The number of aliphatic hydroxyl groups excluding tert-OH is 2. The topological polar surface area (TPSA) is 141 Å². The second-order valence-electron chi connectivity index (χ2n) is 13.2. The van der Waals surface area contributed by atoms with E-state index in [2.05, 4.69) is 23.1 Å². The van der Waals surface area contributed by atoms with Crippen LogP contribution in [0.5, 0.6) is 11.5 Å². The first-order valence-corrected chi connectivity index (χ1v) is 17.4. The molecule has 6 rings (SSSR count). The fourth-order valence-electron chi connectivity index (χ4n) is 7.20. The molecule has 2 saturated heterocycles. The highest BCUT2D eigenvalue weighted by Gasteiger charge is 2.36. The van der Waals surface area contributed by atoms with E-state index >= 15 is 0 Å². The second kappa shape index (κ2) is 14.3. The first kappa shape index (κ1) is 34.6. The molecule has 4 heterocycles. The summed E-state index contributed by atoms with van der Waals surface area (Å²) >= 11 is 1.19. The van der Waals surface area contributed by atoms with Gasteiger partial charge in [-0.15, -0.1) is 0 Å². The van der Waals surface area contributed by atoms with E-state index in [9.17, 15) is 24.6 Å². The number of aliphatic hydroxyl groups is 2. The molecule has 2 unspecified atom stereocenters. The maximum absolute atomic E-state index is 13.4. The Bertz CT molecular complexity index is 1650. The summed E-state index contributed by atoms with van der Waals surface area (Å²) in [6.45, 7) is 10.5. The van der Waals surface area contributed by atoms with E-state index in [0.717, 1.165) is 11.1 Å². The quantitative estimate of drug-likeness (QED) is 0.295. The number of hydrogen-bond acceptors (Lipinski definition) is 10. The van der Waals surface area contributed by atoms with Gasteiger partial charge >= 0.3 is 0 Å². The molecule has 2 N–H and O–H groups in total. The number of methoxy groups -OCH3 is 2. The van der Waals surface area contributed by atoms with E-state index in [1.165, 1.54) is 32.9 Å². The molecule has 49 heavy (non-hydrogen) atoms. The van der Waals surface area contributed by atoms with Crippen LogP contribution in [0.15, 0.2) is 58.6 Å². The van der Waals surface area contributed by atoms with Gasteiger partial charge in [0, 0.05) is 49.3 Å². The number of carbonyl (C=O) groups is 3. The Kier molecular flexibility index (Phi) is 10.1. The summed E-state index contributed by atoms with van der Waals surface area (Å²) in [5, 5.41) is 23.3. The predicted octanol–water partition coefficient (Wildman–Crippen LogP) is 5.51. The van der Waals surface area contributed by atoms with Crippen molar-refractivity contribution >= 4 is 52.5 Å². The van der Waals surface area contributed by atoms with Crippen LogP contribution in [-0.4, -0.2) is 94.5 Å². The van der Waals surface area contributed by atoms with Crippen LogP contribution >= 0.6 is 11.8 Å². The standard InChI is InChI=1S/C37H42N4O7S/c1-20-8-24-16-38-30-12-28(34(47-4)14-26(30)36(45)40(24)18-20)32(43)10-23(6-7-49-22(3)42)11-33(44)29-13-31-27(15-35(29)48-5)37(46)41-19-21(2)9-25(41)17-39-31/h12-17,23-25,32-33,43-44H,1-2,6-11,18-19H2,3-5H3/t23?,24-,25-,32?,33?/m0/s1. The van der Waals surface area contributed by atoms with E-state index in [4.69, 9.17) is 9.47 Å². The van der Waals surface area contributed by atoms with Gasteiger partial charge in [0.25, 0.3) is 11.8 Å². The normalized spacial score (nSPS) is 21.4. The van der Waals surface area contributed by atoms with Gasteiger partial charge in [-0.25, -0.2) is 0 Å². The van der Waals surface area contributed by atoms with Crippen LogP contribution in [0.3, 0.4) is 0 Å². The average molecular weight is 687 g/mol. The minimum atomic E-state index is -1.02. The van der Waals surface area contributed by atoms with E-state index in [0.29, 0.717) is 83.2 Å². The van der Waals surface area contributed by atoms with Gasteiger partial charge in [-0.1, -0.05) is 36.1 Å². The SMILES string of the molecule is C=C1C[C@H]2C=Nc3cc(C(O)CC(CCSC(C)=O)CC(O)c4cc5c(cc4OC)C(=O)N4CC(=C)C[C@H]4C=N5)c(OC)cc3C(=O)N2C1. The number of carbonyl (C=O) groups excluding carboxylic acids is 3. The van der Waals surface area contributed by atoms with Gasteiger partial charge in [-0.3, -0.25) is 24.4 Å². The van der Waals surface area contributed by atoms with Crippen molar-refractivity contribution in [1.29, 1.82) is 0 Å². The Morgan fingerprint density at radius 3 is 1.71 bits per heavy atom. The highest BCUT2D eigenvalue weighted by atomic mass is 32.2. The second-order valence-corrected chi connectivity index (χ2v) is 14.5. The average Bonchev–Trinajstić information content (AvgIpc) is 3.58. The van der Waals surface area contributed by atoms with Crippen LogP contribution < -0.4 is 9.47 Å². The van der Waals surface area contributed by atoms with Gasteiger partial charge in [-0.2, -0.15) is 0 Å². The summed E-state index contributed by atoms with van der Waals surface area (Å²) in [6, 6.07) is 6.34. The van der Waals surface area contributed by atoms with E-state index in [1.807, 2.05) is 0 Å². The smallest absolute Gasteiger partial charge is 0.257 e. The lowest BCUT2D eigenvalue weighted by atomic mass is 9.87. The first-order chi connectivity index (χ1) is 23.5. The molecule has 4 aliphatic rings. The highest BCUT2D eigenvalue weighted by Crippen LogP contribution is 2.42. The molecular weight excluding hydrogens is 644 g/mol. The molecule has 4 aliphatic heterocycles. The number of hydrogen-bond donors (Lipinski definition) is 2. The van der Waals surface area contributed by atoms with Crippen LogP contribution in [0.25, 0.3) is 0 Å². The number of aliphatic imine (C=N–C) groups is 2. The van der Waals surface area contributed by atoms with Gasteiger partial charge in [0.05, 0.1) is 61.0 Å². The maximum atomic E-state index is 13.4. The number of amides is 2. The number of benzene rings is 2. The highest BCUT2D eigenvalue weighted by molar-refractivity contribution is 8.13. The molecule has 2 amide bonds. The number of nitrogens with zero attached hydrogens (tertiary/aromatic N) is 4. The summed E-state index contributed by atoms with van der Waals surface area (Å²) in [5.41, 5.74) is 4.61. The summed E-state index contributed by atoms with van der Waals surface area (Å²) in [7, 11) is 2.98. The minimum absolute atomic E-state index is 0.0158. The molecule has 0 aromatic heterocycles. The lowest BCUT2D eigenvalue weighted by Gasteiger charge is -2.26. The van der Waals surface area contributed by atoms with E-state index in [1.54, 1.807) is 46.5 Å². The molecule has 0 saturated carbocycles. The van der Waals surface area contributed by atoms with Crippen molar-refractivity contribution in [3.05, 3.63) is 70.8 Å². The Balaban J connectivity index is 1.26. The zero-order valence-corrected chi connectivity index (χ0v) is 28.9. The van der Waals surface area contributed by atoms with E-state index < -0.39 is 12.2 Å². The van der Waals surface area contributed by atoms with Gasteiger partial charge in [0.15, 0.2) is 5.12 Å². The monoisotopic (exact) mass is 686 g/mol. The van der Waals surface area contributed by atoms with Gasteiger partial charge < -0.3 is 29.5 Å². The molecule has 2 aromatic carbocycles. The molecule has 258 valence electrons. The third-order valence-corrected chi connectivity index (χ3v) is 10.5. The van der Waals surface area contributed by atoms with Gasteiger partial charge in [0.2, 0.25) is 0 Å². The number of fused-ring (bicyclic) bond motifs is 4. The number of ether oxygens (including phenoxy) is 2. The maximum Gasteiger partial charge on any atom is 0.257 e. The predicted molar refractivity (Wildman–Crippen MR) is 190 cm³/mol. The first-order valence-electron chi connectivity index (χ1n) is 16.4. The Morgan fingerprint density at radius 2 is 1.31 bits per heavy atom. The fraction of sp³-hybridized carbons (Fsp3) is 0.432. The van der Waals surface area contributed by atoms with Crippen molar-refractivity contribution in [1.82, 2.24) is 9.80 Å². The van der Waals surface area contributed by atoms with Crippen molar-refractivity contribution in [2.45, 2.75) is 63.3 Å². The molecule has 0 spiro atoms. The summed E-state index contributed by atoms with van der Waals surface area (Å²) in [4.78, 5) is 51.4. The van der Waals surface area contributed by atoms with Gasteiger partial charge in [-0.05, 0) is 62.3 Å². The van der Waals surface area contributed by atoms with Gasteiger partial charge in [0.1, 0.15) is 11.5 Å². The zero-order chi connectivity index (χ0) is 35.0. The lowest BCUT2D eigenvalue weighted by Crippen LogP contribution is -2.35. The summed E-state index contributed by atoms with van der Waals surface area (Å²) < 4.78 is 11.3. The van der Waals surface area contributed by atoms with E-state index in [-0.39, 0.29) is 47.8 Å². The largest absolute Gasteiger partial charge is 0.496 e. The Morgan fingerprint density at radius 1 is 0.857 bits per heavy atom. The molecule has 12 heteroatoms. The zero-order valence-electron chi connectivity index (χ0n) is 28.1. The molecule has 4 atom stereocenters.